The highest BCUT2D eigenvalue weighted by Gasteiger charge is 2.32. The van der Waals surface area contributed by atoms with Gasteiger partial charge in [0, 0.05) is 26.1 Å². The second kappa shape index (κ2) is 5.49. The quantitative estimate of drug-likeness (QED) is 0.723. The number of hydrogen-bond acceptors (Lipinski definition) is 3. The topological polar surface area (TPSA) is 69.6 Å². The van der Waals surface area contributed by atoms with E-state index in [9.17, 15) is 9.59 Å². The number of amides is 2. The Bertz CT molecular complexity index is 304. The summed E-state index contributed by atoms with van der Waals surface area (Å²) >= 11 is 0. The summed E-state index contributed by atoms with van der Waals surface area (Å²) < 4.78 is 0. The van der Waals surface area contributed by atoms with Gasteiger partial charge in [0.25, 0.3) is 0 Å². The van der Waals surface area contributed by atoms with Crippen molar-refractivity contribution in [3.05, 3.63) is 0 Å². The fourth-order valence-electron chi connectivity index (χ4n) is 2.70. The van der Waals surface area contributed by atoms with Crippen molar-refractivity contribution in [2.45, 2.75) is 38.1 Å². The van der Waals surface area contributed by atoms with Gasteiger partial charge in [-0.25, -0.2) is 0 Å². The number of carbonyl (C=O) groups excluding carboxylic acids is 2. The Morgan fingerprint density at radius 3 is 2.94 bits per heavy atom. The minimum Gasteiger partial charge on any atom is -0.396 e. The van der Waals surface area contributed by atoms with Gasteiger partial charge >= 0.3 is 0 Å². The number of aliphatic hydroxyl groups excluding tert-OH is 1. The van der Waals surface area contributed by atoms with Gasteiger partial charge in [0.15, 0.2) is 0 Å². The molecule has 2 aliphatic rings. The van der Waals surface area contributed by atoms with Crippen LogP contribution >= 0.6 is 0 Å². The fraction of sp³-hybridized carbons (Fsp3) is 0.833. The van der Waals surface area contributed by atoms with E-state index < -0.39 is 0 Å². The number of rotatable bonds is 3. The summed E-state index contributed by atoms with van der Waals surface area (Å²) in [4.78, 5) is 25.1. The Labute approximate surface area is 101 Å². The number of likely N-dealkylation sites (tertiary alicyclic amines) is 1. The first kappa shape index (κ1) is 12.4. The van der Waals surface area contributed by atoms with Crippen LogP contribution in [0, 0.1) is 5.92 Å². The summed E-state index contributed by atoms with van der Waals surface area (Å²) in [5.41, 5.74) is 0. The lowest BCUT2D eigenvalue weighted by molar-refractivity contribution is -0.136. The van der Waals surface area contributed by atoms with Crippen LogP contribution in [0.5, 0.6) is 0 Å². The van der Waals surface area contributed by atoms with Gasteiger partial charge in [-0.05, 0) is 31.6 Å². The molecule has 2 fully saturated rings. The van der Waals surface area contributed by atoms with E-state index in [1.807, 2.05) is 4.90 Å². The summed E-state index contributed by atoms with van der Waals surface area (Å²) in [5, 5.41) is 11.6. The average molecular weight is 240 g/mol. The molecule has 2 saturated heterocycles. The zero-order valence-corrected chi connectivity index (χ0v) is 10.0. The Morgan fingerprint density at radius 2 is 2.29 bits per heavy atom. The number of aliphatic hydroxyl groups is 1. The van der Waals surface area contributed by atoms with Crippen LogP contribution in [0.1, 0.15) is 32.1 Å². The highest BCUT2D eigenvalue weighted by atomic mass is 16.3. The first-order chi connectivity index (χ1) is 8.20. The van der Waals surface area contributed by atoms with Crippen molar-refractivity contribution >= 4 is 11.8 Å². The van der Waals surface area contributed by atoms with Gasteiger partial charge in [-0.3, -0.25) is 9.59 Å². The average Bonchev–Trinajstić information content (AvgIpc) is 2.76. The molecule has 2 aliphatic heterocycles. The summed E-state index contributed by atoms with van der Waals surface area (Å²) in [5.74, 6) is 0.445. The maximum absolute atomic E-state index is 12.1. The summed E-state index contributed by atoms with van der Waals surface area (Å²) in [6.45, 7) is 1.70. The van der Waals surface area contributed by atoms with Gasteiger partial charge in [0.1, 0.15) is 6.04 Å². The molecule has 0 aromatic heterocycles. The van der Waals surface area contributed by atoms with Gasteiger partial charge < -0.3 is 15.3 Å². The molecule has 17 heavy (non-hydrogen) atoms. The van der Waals surface area contributed by atoms with Crippen LogP contribution in [0.3, 0.4) is 0 Å². The fourth-order valence-corrected chi connectivity index (χ4v) is 2.70. The van der Waals surface area contributed by atoms with E-state index in [-0.39, 0.29) is 24.5 Å². The zero-order chi connectivity index (χ0) is 12.3. The first-order valence-corrected chi connectivity index (χ1v) is 6.39. The largest absolute Gasteiger partial charge is 0.396 e. The van der Waals surface area contributed by atoms with Crippen molar-refractivity contribution in [1.82, 2.24) is 10.2 Å². The molecule has 5 nitrogen and oxygen atoms in total. The van der Waals surface area contributed by atoms with E-state index in [0.29, 0.717) is 18.8 Å². The van der Waals surface area contributed by atoms with Gasteiger partial charge in [-0.2, -0.15) is 0 Å². The standard InChI is InChI=1S/C12H20N2O3/c15-7-5-9-2-1-6-14(8-9)12(17)10-3-4-11(16)13-10/h9-10,15H,1-8H2,(H,13,16). The molecule has 2 N–H and O–H groups in total. The molecular formula is C12H20N2O3. The van der Waals surface area contributed by atoms with Gasteiger partial charge in [0.05, 0.1) is 0 Å². The lowest BCUT2D eigenvalue weighted by Gasteiger charge is -2.34. The monoisotopic (exact) mass is 240 g/mol. The molecule has 0 radical (unpaired) electrons. The van der Waals surface area contributed by atoms with E-state index in [0.717, 1.165) is 32.4 Å². The SMILES string of the molecule is O=C1CCC(C(=O)N2CCCC(CCO)C2)N1. The number of hydrogen-bond donors (Lipinski definition) is 2. The second-order valence-electron chi connectivity index (χ2n) is 4.96. The molecule has 2 atom stereocenters. The molecular weight excluding hydrogens is 220 g/mol. The predicted molar refractivity (Wildman–Crippen MR) is 62.2 cm³/mol. The van der Waals surface area contributed by atoms with Gasteiger partial charge in [-0.15, -0.1) is 0 Å². The molecule has 2 heterocycles. The van der Waals surface area contributed by atoms with Crippen LogP contribution in [0.15, 0.2) is 0 Å². The normalized spacial score (nSPS) is 29.2. The molecule has 0 aromatic rings. The molecule has 0 aromatic carbocycles. The van der Waals surface area contributed by atoms with Crippen molar-refractivity contribution in [2.24, 2.45) is 5.92 Å². The van der Waals surface area contributed by atoms with Crippen molar-refractivity contribution in [3.8, 4) is 0 Å². The third-order valence-electron chi connectivity index (χ3n) is 3.66. The maximum atomic E-state index is 12.1. The van der Waals surface area contributed by atoms with E-state index in [1.54, 1.807) is 0 Å². The van der Waals surface area contributed by atoms with Crippen LogP contribution in [-0.2, 0) is 9.59 Å². The molecule has 0 spiro atoms. The van der Waals surface area contributed by atoms with Crippen molar-refractivity contribution in [3.63, 3.8) is 0 Å². The Balaban J connectivity index is 1.88. The summed E-state index contributed by atoms with van der Waals surface area (Å²) in [6.07, 6.45) is 3.93. The van der Waals surface area contributed by atoms with Gasteiger partial charge in [0.2, 0.25) is 11.8 Å². The first-order valence-electron chi connectivity index (χ1n) is 6.39. The second-order valence-corrected chi connectivity index (χ2v) is 4.96. The lowest BCUT2D eigenvalue weighted by atomic mass is 9.94. The van der Waals surface area contributed by atoms with E-state index >= 15 is 0 Å². The number of nitrogens with zero attached hydrogens (tertiary/aromatic N) is 1. The van der Waals surface area contributed by atoms with E-state index in [4.69, 9.17) is 5.11 Å². The van der Waals surface area contributed by atoms with Crippen molar-refractivity contribution in [2.75, 3.05) is 19.7 Å². The number of nitrogens with one attached hydrogen (secondary N) is 1. The summed E-state index contributed by atoms with van der Waals surface area (Å²) in [6, 6.07) is -0.310. The predicted octanol–water partition coefficient (Wildman–Crippen LogP) is -0.114. The summed E-state index contributed by atoms with van der Waals surface area (Å²) in [7, 11) is 0. The van der Waals surface area contributed by atoms with Crippen molar-refractivity contribution < 1.29 is 14.7 Å². The van der Waals surface area contributed by atoms with E-state index in [2.05, 4.69) is 5.32 Å². The minimum atomic E-state index is -0.310. The van der Waals surface area contributed by atoms with Crippen molar-refractivity contribution in [1.29, 1.82) is 0 Å². The lowest BCUT2D eigenvalue weighted by Crippen LogP contribution is -2.48. The van der Waals surface area contributed by atoms with Crippen LogP contribution < -0.4 is 5.32 Å². The molecule has 0 aliphatic carbocycles. The van der Waals surface area contributed by atoms with Crippen LogP contribution in [0.2, 0.25) is 0 Å². The van der Waals surface area contributed by atoms with Crippen LogP contribution in [0.25, 0.3) is 0 Å². The molecule has 0 saturated carbocycles. The highest BCUT2D eigenvalue weighted by molar-refractivity contribution is 5.90. The molecule has 2 unspecified atom stereocenters. The van der Waals surface area contributed by atoms with Crippen LogP contribution in [0.4, 0.5) is 0 Å². The molecule has 2 rings (SSSR count). The molecule has 5 heteroatoms. The zero-order valence-electron chi connectivity index (χ0n) is 10.0. The molecule has 96 valence electrons. The van der Waals surface area contributed by atoms with E-state index in [1.165, 1.54) is 0 Å². The molecule has 2 amide bonds. The Hall–Kier alpha value is -1.10. The Kier molecular flexibility index (Phi) is 3.99. The Morgan fingerprint density at radius 1 is 1.47 bits per heavy atom. The number of carbonyl (C=O) groups is 2. The number of piperidine rings is 1. The van der Waals surface area contributed by atoms with Gasteiger partial charge in [-0.1, -0.05) is 0 Å². The smallest absolute Gasteiger partial charge is 0.245 e. The van der Waals surface area contributed by atoms with Crippen LogP contribution in [-0.4, -0.2) is 47.6 Å². The minimum absolute atomic E-state index is 0.0210. The molecule has 0 bridgehead atoms. The highest BCUT2D eigenvalue weighted by Crippen LogP contribution is 2.21. The maximum Gasteiger partial charge on any atom is 0.245 e. The third-order valence-corrected chi connectivity index (χ3v) is 3.66. The third kappa shape index (κ3) is 2.97.